The Bertz CT molecular complexity index is 767. The van der Waals surface area contributed by atoms with Crippen LogP contribution in [0, 0.1) is 0 Å². The minimum atomic E-state index is -0.608. The number of anilines is 1. The average molecular weight is 414 g/mol. The molecule has 0 saturated carbocycles. The van der Waals surface area contributed by atoms with Crippen LogP contribution < -0.4 is 10.6 Å². The fourth-order valence-corrected chi connectivity index (χ4v) is 4.08. The summed E-state index contributed by atoms with van der Waals surface area (Å²) in [5.74, 6) is -1.49. The highest BCUT2D eigenvalue weighted by molar-refractivity contribution is 5.91. The number of esters is 1. The summed E-state index contributed by atoms with van der Waals surface area (Å²) in [4.78, 5) is 39.6. The van der Waals surface area contributed by atoms with Crippen molar-refractivity contribution >= 4 is 29.5 Å². The number of nitrogens with two attached hydrogens (primary N) is 1. The second-order valence-corrected chi connectivity index (χ2v) is 7.93. The van der Waals surface area contributed by atoms with Crippen LogP contribution in [0.2, 0.25) is 0 Å². The topological polar surface area (TPSA) is 92.9 Å². The minimum absolute atomic E-state index is 0.387. The maximum absolute atomic E-state index is 12.3. The third kappa shape index (κ3) is 6.08. The predicted molar refractivity (Wildman–Crippen MR) is 116 cm³/mol. The van der Waals surface area contributed by atoms with Gasteiger partial charge in [0.25, 0.3) is 5.91 Å². The minimum Gasteiger partial charge on any atom is -0.452 e. The Morgan fingerprint density at radius 1 is 0.967 bits per heavy atom. The van der Waals surface area contributed by atoms with Crippen molar-refractivity contribution in [3.8, 4) is 0 Å². The largest absolute Gasteiger partial charge is 0.452 e. The van der Waals surface area contributed by atoms with E-state index in [0.29, 0.717) is 13.0 Å². The molecule has 2 heterocycles. The molecule has 2 amide bonds. The zero-order valence-corrected chi connectivity index (χ0v) is 17.4. The first-order chi connectivity index (χ1) is 14.5. The third-order valence-corrected chi connectivity index (χ3v) is 5.77. The van der Waals surface area contributed by atoms with Crippen LogP contribution in [-0.4, -0.2) is 55.0 Å². The van der Waals surface area contributed by atoms with Crippen molar-refractivity contribution in [3.05, 3.63) is 35.9 Å². The number of hydrogen-bond donors (Lipinski definition) is 1. The quantitative estimate of drug-likeness (QED) is 0.571. The Labute approximate surface area is 177 Å². The van der Waals surface area contributed by atoms with Crippen LogP contribution in [0.4, 0.5) is 5.69 Å². The van der Waals surface area contributed by atoms with Gasteiger partial charge in [-0.3, -0.25) is 9.59 Å². The van der Waals surface area contributed by atoms with Crippen LogP contribution in [0.3, 0.4) is 0 Å². The van der Waals surface area contributed by atoms with Gasteiger partial charge in [0, 0.05) is 31.4 Å². The second kappa shape index (κ2) is 10.8. The van der Waals surface area contributed by atoms with Crippen LogP contribution >= 0.6 is 0 Å². The summed E-state index contributed by atoms with van der Waals surface area (Å²) in [6, 6.07) is 7.48. The third-order valence-electron chi connectivity index (χ3n) is 5.77. The van der Waals surface area contributed by atoms with E-state index < -0.39 is 17.9 Å². The van der Waals surface area contributed by atoms with Gasteiger partial charge < -0.3 is 20.3 Å². The Balaban J connectivity index is 1.48. The van der Waals surface area contributed by atoms with Crippen LogP contribution in [0.25, 0.3) is 6.08 Å². The molecular formula is C23H31N3O4. The first-order valence-electron chi connectivity index (χ1n) is 10.8. The Morgan fingerprint density at radius 2 is 1.63 bits per heavy atom. The van der Waals surface area contributed by atoms with Crippen molar-refractivity contribution in [3.63, 3.8) is 0 Å². The van der Waals surface area contributed by atoms with Gasteiger partial charge in [0.2, 0.25) is 5.91 Å². The van der Waals surface area contributed by atoms with E-state index in [1.807, 2.05) is 12.1 Å². The number of nitrogens with zero attached hydrogens (tertiary/aromatic N) is 2. The van der Waals surface area contributed by atoms with E-state index in [2.05, 4.69) is 17.0 Å². The van der Waals surface area contributed by atoms with Gasteiger partial charge in [0.1, 0.15) is 6.04 Å². The molecule has 2 aliphatic heterocycles. The molecule has 0 bridgehead atoms. The molecule has 0 aliphatic carbocycles. The van der Waals surface area contributed by atoms with Crippen molar-refractivity contribution in [2.45, 2.75) is 51.0 Å². The van der Waals surface area contributed by atoms with E-state index in [-0.39, 0.29) is 12.5 Å². The fourth-order valence-electron chi connectivity index (χ4n) is 4.08. The highest BCUT2D eigenvalue weighted by atomic mass is 16.5. The lowest BCUT2D eigenvalue weighted by Gasteiger charge is -2.33. The molecule has 0 radical (unpaired) electrons. The summed E-state index contributed by atoms with van der Waals surface area (Å²) in [5, 5.41) is 0. The van der Waals surface area contributed by atoms with Crippen molar-refractivity contribution < 1.29 is 19.1 Å². The normalized spacial score (nSPS) is 20.1. The number of carbonyl (C=O) groups excluding carboxylic acids is 3. The molecule has 2 saturated heterocycles. The smallest absolute Gasteiger partial charge is 0.331 e. The number of primary amides is 1. The van der Waals surface area contributed by atoms with E-state index in [1.165, 1.54) is 42.3 Å². The molecule has 0 aromatic heterocycles. The lowest BCUT2D eigenvalue weighted by molar-refractivity contribution is -0.151. The molecule has 1 aromatic carbocycles. The average Bonchev–Trinajstić information content (AvgIpc) is 3.06. The molecular weight excluding hydrogens is 382 g/mol. The fraction of sp³-hybridized carbons (Fsp3) is 0.522. The van der Waals surface area contributed by atoms with Crippen LogP contribution in [0.15, 0.2) is 30.3 Å². The molecule has 0 unspecified atom stereocenters. The maximum Gasteiger partial charge on any atom is 0.331 e. The van der Waals surface area contributed by atoms with Gasteiger partial charge in [0.15, 0.2) is 6.61 Å². The molecule has 7 heteroatoms. The van der Waals surface area contributed by atoms with Gasteiger partial charge in [-0.25, -0.2) is 4.79 Å². The number of hydrogen-bond acceptors (Lipinski definition) is 5. The van der Waals surface area contributed by atoms with Gasteiger partial charge in [0.05, 0.1) is 0 Å². The van der Waals surface area contributed by atoms with Gasteiger partial charge >= 0.3 is 5.97 Å². The molecule has 2 fully saturated rings. The van der Waals surface area contributed by atoms with Gasteiger partial charge in [-0.05, 0) is 55.9 Å². The van der Waals surface area contributed by atoms with E-state index >= 15 is 0 Å². The number of likely N-dealkylation sites (tertiary alicyclic amines) is 1. The van der Waals surface area contributed by atoms with Crippen LogP contribution in [0.5, 0.6) is 0 Å². The van der Waals surface area contributed by atoms with Crippen molar-refractivity contribution in [1.82, 2.24) is 4.90 Å². The second-order valence-electron chi connectivity index (χ2n) is 7.93. The molecule has 30 heavy (non-hydrogen) atoms. The van der Waals surface area contributed by atoms with Crippen molar-refractivity contribution in [1.29, 1.82) is 0 Å². The highest BCUT2D eigenvalue weighted by Gasteiger charge is 2.30. The lowest BCUT2D eigenvalue weighted by atomic mass is 10.0. The standard InChI is InChI=1S/C23H31N3O4/c24-23(29)20-7-3-6-16-26(20)21(27)17-30-22(28)13-10-18-8-11-19(12-9-18)25-14-4-1-2-5-15-25/h8-13,20H,1-7,14-17H2,(H2,24,29)/b13-10+/t20-/m0/s1. The number of rotatable bonds is 6. The highest BCUT2D eigenvalue weighted by Crippen LogP contribution is 2.20. The van der Waals surface area contributed by atoms with E-state index in [4.69, 9.17) is 10.5 Å². The van der Waals surface area contributed by atoms with Gasteiger partial charge in [-0.2, -0.15) is 0 Å². The maximum atomic E-state index is 12.3. The Morgan fingerprint density at radius 3 is 2.30 bits per heavy atom. The first-order valence-corrected chi connectivity index (χ1v) is 10.8. The van der Waals surface area contributed by atoms with E-state index in [0.717, 1.165) is 31.5 Å². The van der Waals surface area contributed by atoms with Crippen molar-refractivity contribution in [2.24, 2.45) is 5.73 Å². The molecule has 1 atom stereocenters. The molecule has 162 valence electrons. The molecule has 3 rings (SSSR count). The molecule has 0 spiro atoms. The molecule has 7 nitrogen and oxygen atoms in total. The summed E-state index contributed by atoms with van der Waals surface area (Å²) < 4.78 is 5.06. The summed E-state index contributed by atoms with van der Waals surface area (Å²) in [5.41, 5.74) is 7.47. The molecule has 1 aromatic rings. The van der Waals surface area contributed by atoms with Crippen LogP contribution in [0.1, 0.15) is 50.5 Å². The zero-order valence-electron chi connectivity index (χ0n) is 17.4. The number of piperidine rings is 1. The monoisotopic (exact) mass is 413 g/mol. The summed E-state index contributed by atoms with van der Waals surface area (Å²) in [6.45, 7) is 2.25. The lowest BCUT2D eigenvalue weighted by Crippen LogP contribution is -2.51. The molecule has 2 N–H and O–H groups in total. The number of ether oxygens (including phenoxy) is 1. The number of amides is 2. The van der Waals surface area contributed by atoms with Crippen molar-refractivity contribution in [2.75, 3.05) is 31.1 Å². The van der Waals surface area contributed by atoms with Gasteiger partial charge in [-0.15, -0.1) is 0 Å². The zero-order chi connectivity index (χ0) is 21.3. The first kappa shape index (κ1) is 21.9. The number of carbonyl (C=O) groups is 3. The predicted octanol–water partition coefficient (Wildman–Crippen LogP) is 2.49. The Kier molecular flexibility index (Phi) is 7.88. The molecule has 2 aliphatic rings. The SMILES string of the molecule is NC(=O)[C@@H]1CCCCN1C(=O)COC(=O)/C=C/c1ccc(N2CCCCCC2)cc1. The van der Waals surface area contributed by atoms with E-state index in [1.54, 1.807) is 6.08 Å². The van der Waals surface area contributed by atoms with Crippen LogP contribution in [-0.2, 0) is 19.1 Å². The number of benzene rings is 1. The van der Waals surface area contributed by atoms with Gasteiger partial charge in [-0.1, -0.05) is 25.0 Å². The Hall–Kier alpha value is -2.83. The van der Waals surface area contributed by atoms with E-state index in [9.17, 15) is 14.4 Å². The summed E-state index contributed by atoms with van der Waals surface area (Å²) in [7, 11) is 0. The summed E-state index contributed by atoms with van der Waals surface area (Å²) >= 11 is 0. The summed E-state index contributed by atoms with van der Waals surface area (Å²) in [6.07, 6.45) is 10.3.